The number of aromatic nitrogens is 2. The van der Waals surface area contributed by atoms with Gasteiger partial charge in [0, 0.05) is 30.7 Å². The van der Waals surface area contributed by atoms with E-state index >= 15 is 0 Å². The minimum absolute atomic E-state index is 0.0804. The Kier molecular flexibility index (Phi) is 6.58. The van der Waals surface area contributed by atoms with Gasteiger partial charge < -0.3 is 10.1 Å². The number of nitrogens with one attached hydrogen (secondary N) is 1. The standard InChI is InChI=1S/C20H22N4O5S2/c1-13-5-9-17(30-13)15-7-10-20(26)24(22-15)12-19(25)21-14-6-8-16(29-4)18(11-14)31(27,28)23(2)3/h5-11H,12H2,1-4H3,(H,21,25). The Morgan fingerprint density at radius 2 is 1.94 bits per heavy atom. The summed E-state index contributed by atoms with van der Waals surface area (Å²) in [5, 5.41) is 6.89. The molecule has 1 aromatic carbocycles. The minimum Gasteiger partial charge on any atom is -0.495 e. The van der Waals surface area contributed by atoms with Gasteiger partial charge in [0.2, 0.25) is 15.9 Å². The van der Waals surface area contributed by atoms with Gasteiger partial charge in [-0.05, 0) is 43.3 Å². The quantitative estimate of drug-likeness (QED) is 0.576. The first-order valence-electron chi connectivity index (χ1n) is 9.17. The predicted molar refractivity (Wildman–Crippen MR) is 119 cm³/mol. The van der Waals surface area contributed by atoms with Crippen LogP contribution in [0.1, 0.15) is 4.88 Å². The number of rotatable bonds is 7. The van der Waals surface area contributed by atoms with Crippen molar-refractivity contribution in [2.45, 2.75) is 18.4 Å². The van der Waals surface area contributed by atoms with E-state index < -0.39 is 21.5 Å². The Labute approximate surface area is 184 Å². The van der Waals surface area contributed by atoms with Crippen LogP contribution in [-0.4, -0.2) is 49.6 Å². The first kappa shape index (κ1) is 22.7. The van der Waals surface area contributed by atoms with Crippen molar-refractivity contribution in [1.29, 1.82) is 0 Å². The largest absolute Gasteiger partial charge is 0.495 e. The van der Waals surface area contributed by atoms with E-state index in [0.29, 0.717) is 5.69 Å². The second kappa shape index (κ2) is 9.00. The Balaban J connectivity index is 1.84. The lowest BCUT2D eigenvalue weighted by Gasteiger charge is -2.16. The van der Waals surface area contributed by atoms with E-state index in [-0.39, 0.29) is 22.9 Å². The molecule has 0 aliphatic rings. The van der Waals surface area contributed by atoms with E-state index in [1.165, 1.54) is 56.8 Å². The van der Waals surface area contributed by atoms with Gasteiger partial charge in [0.25, 0.3) is 5.56 Å². The lowest BCUT2D eigenvalue weighted by atomic mass is 10.3. The van der Waals surface area contributed by atoms with Gasteiger partial charge in [-0.15, -0.1) is 11.3 Å². The van der Waals surface area contributed by atoms with Crippen molar-refractivity contribution in [2.24, 2.45) is 0 Å². The molecule has 164 valence electrons. The molecule has 9 nitrogen and oxygen atoms in total. The van der Waals surface area contributed by atoms with E-state index in [1.54, 1.807) is 6.07 Å². The van der Waals surface area contributed by atoms with Crippen LogP contribution in [-0.2, 0) is 21.4 Å². The first-order chi connectivity index (χ1) is 14.6. The molecule has 0 fully saturated rings. The van der Waals surface area contributed by atoms with E-state index in [9.17, 15) is 18.0 Å². The van der Waals surface area contributed by atoms with Crippen molar-refractivity contribution >= 4 is 33.0 Å². The van der Waals surface area contributed by atoms with Crippen LogP contribution in [0, 0.1) is 6.92 Å². The highest BCUT2D eigenvalue weighted by Gasteiger charge is 2.23. The summed E-state index contributed by atoms with van der Waals surface area (Å²) >= 11 is 1.54. The first-order valence-corrected chi connectivity index (χ1v) is 11.4. The summed E-state index contributed by atoms with van der Waals surface area (Å²) in [5.74, 6) is -0.365. The fourth-order valence-corrected chi connectivity index (χ4v) is 4.66. The van der Waals surface area contributed by atoms with Crippen molar-refractivity contribution in [1.82, 2.24) is 14.1 Å². The number of hydrogen-bond acceptors (Lipinski definition) is 7. The number of aryl methyl sites for hydroxylation is 1. The fraction of sp³-hybridized carbons (Fsp3) is 0.250. The molecule has 0 saturated heterocycles. The number of benzene rings is 1. The highest BCUT2D eigenvalue weighted by molar-refractivity contribution is 7.89. The number of carbonyl (C=O) groups excluding carboxylic acids is 1. The Morgan fingerprint density at radius 1 is 1.19 bits per heavy atom. The van der Waals surface area contributed by atoms with Crippen LogP contribution >= 0.6 is 11.3 Å². The third-order valence-corrected chi connectivity index (χ3v) is 7.22. The molecule has 0 atom stereocenters. The maximum atomic E-state index is 12.5. The van der Waals surface area contributed by atoms with Crippen molar-refractivity contribution in [3.8, 4) is 16.3 Å². The van der Waals surface area contributed by atoms with Gasteiger partial charge in [-0.25, -0.2) is 17.4 Å². The number of ether oxygens (including phenoxy) is 1. The normalized spacial score (nSPS) is 11.5. The lowest BCUT2D eigenvalue weighted by molar-refractivity contribution is -0.117. The van der Waals surface area contributed by atoms with Crippen LogP contribution in [0.5, 0.6) is 5.75 Å². The van der Waals surface area contributed by atoms with Crippen molar-refractivity contribution in [3.05, 3.63) is 57.7 Å². The molecule has 0 saturated carbocycles. The van der Waals surface area contributed by atoms with Gasteiger partial charge in [0.15, 0.2) is 0 Å². The Hall–Kier alpha value is -3.02. The summed E-state index contributed by atoms with van der Waals surface area (Å²) in [6, 6.07) is 11.1. The van der Waals surface area contributed by atoms with Crippen LogP contribution in [0.3, 0.4) is 0 Å². The van der Waals surface area contributed by atoms with Crippen LogP contribution in [0.2, 0.25) is 0 Å². The molecular weight excluding hydrogens is 440 g/mol. The van der Waals surface area contributed by atoms with Crippen LogP contribution in [0.15, 0.2) is 52.2 Å². The molecule has 1 amide bonds. The zero-order chi connectivity index (χ0) is 22.8. The molecule has 3 aromatic rings. The van der Waals surface area contributed by atoms with Gasteiger partial charge in [0.1, 0.15) is 22.9 Å². The average Bonchev–Trinajstić information content (AvgIpc) is 3.15. The molecule has 0 unspecified atom stereocenters. The highest BCUT2D eigenvalue weighted by Crippen LogP contribution is 2.29. The maximum absolute atomic E-state index is 12.5. The van der Waals surface area contributed by atoms with Crippen molar-refractivity contribution in [2.75, 3.05) is 26.5 Å². The van der Waals surface area contributed by atoms with Gasteiger partial charge in [0.05, 0.1) is 12.0 Å². The molecule has 31 heavy (non-hydrogen) atoms. The van der Waals surface area contributed by atoms with Crippen LogP contribution in [0.25, 0.3) is 10.6 Å². The Morgan fingerprint density at radius 3 is 2.55 bits per heavy atom. The molecule has 2 heterocycles. The second-order valence-electron chi connectivity index (χ2n) is 6.83. The molecule has 0 spiro atoms. The summed E-state index contributed by atoms with van der Waals surface area (Å²) in [7, 11) is 0.382. The van der Waals surface area contributed by atoms with E-state index in [0.717, 1.165) is 18.7 Å². The molecule has 2 aromatic heterocycles. The molecule has 11 heteroatoms. The zero-order valence-corrected chi connectivity index (χ0v) is 19.1. The summed E-state index contributed by atoms with van der Waals surface area (Å²) < 4.78 is 32.3. The second-order valence-corrected chi connectivity index (χ2v) is 10.2. The fourth-order valence-electron chi connectivity index (χ4n) is 2.76. The molecular formula is C20H22N4O5S2. The van der Waals surface area contributed by atoms with Crippen molar-refractivity contribution in [3.63, 3.8) is 0 Å². The third kappa shape index (κ3) is 5.01. The predicted octanol–water partition coefficient (Wildman–Crippen LogP) is 2.18. The average molecular weight is 463 g/mol. The van der Waals surface area contributed by atoms with Crippen LogP contribution < -0.4 is 15.6 Å². The van der Waals surface area contributed by atoms with Gasteiger partial charge in [-0.1, -0.05) is 0 Å². The van der Waals surface area contributed by atoms with Gasteiger partial charge >= 0.3 is 0 Å². The monoisotopic (exact) mass is 462 g/mol. The number of thiophene rings is 1. The number of nitrogens with zero attached hydrogens (tertiary/aromatic N) is 3. The third-order valence-electron chi connectivity index (χ3n) is 4.36. The van der Waals surface area contributed by atoms with E-state index in [1.807, 2.05) is 19.1 Å². The van der Waals surface area contributed by atoms with Crippen LogP contribution in [0.4, 0.5) is 5.69 Å². The summed E-state index contributed by atoms with van der Waals surface area (Å²) in [4.78, 5) is 26.6. The molecule has 0 aliphatic heterocycles. The number of amides is 1. The Bertz CT molecular complexity index is 1280. The molecule has 3 rings (SSSR count). The summed E-state index contributed by atoms with van der Waals surface area (Å²) in [6.07, 6.45) is 0. The number of hydrogen-bond donors (Lipinski definition) is 1. The van der Waals surface area contributed by atoms with Gasteiger partial charge in [-0.3, -0.25) is 9.59 Å². The number of carbonyl (C=O) groups is 1. The topological polar surface area (TPSA) is 111 Å². The smallest absolute Gasteiger partial charge is 0.267 e. The highest BCUT2D eigenvalue weighted by atomic mass is 32.2. The SMILES string of the molecule is COc1ccc(NC(=O)Cn2nc(-c3ccc(C)s3)ccc2=O)cc1S(=O)(=O)N(C)C. The number of anilines is 1. The number of sulfonamides is 1. The summed E-state index contributed by atoms with van der Waals surface area (Å²) in [6.45, 7) is 1.65. The lowest BCUT2D eigenvalue weighted by Crippen LogP contribution is -2.29. The van der Waals surface area contributed by atoms with Crippen molar-refractivity contribution < 1.29 is 17.9 Å². The molecule has 0 radical (unpaired) electrons. The van der Waals surface area contributed by atoms with E-state index in [4.69, 9.17) is 4.74 Å². The minimum atomic E-state index is -3.79. The zero-order valence-electron chi connectivity index (χ0n) is 17.4. The number of methoxy groups -OCH3 is 1. The molecule has 0 aliphatic carbocycles. The maximum Gasteiger partial charge on any atom is 0.267 e. The summed E-state index contributed by atoms with van der Waals surface area (Å²) in [5.41, 5.74) is 0.427. The van der Waals surface area contributed by atoms with Gasteiger partial charge in [-0.2, -0.15) is 5.10 Å². The van der Waals surface area contributed by atoms with E-state index in [2.05, 4.69) is 10.4 Å². The molecule has 0 bridgehead atoms. The molecule has 1 N–H and O–H groups in total.